The Bertz CT molecular complexity index is 974. The molecule has 26 heavy (non-hydrogen) atoms. The molecule has 134 valence electrons. The van der Waals surface area contributed by atoms with Gasteiger partial charge in [-0.25, -0.2) is 4.39 Å². The summed E-state index contributed by atoms with van der Waals surface area (Å²) in [4.78, 5) is 16.9. The summed E-state index contributed by atoms with van der Waals surface area (Å²) in [6.45, 7) is 3.58. The molecule has 5 nitrogen and oxygen atoms in total. The third-order valence-electron chi connectivity index (χ3n) is 4.07. The van der Waals surface area contributed by atoms with E-state index in [2.05, 4.69) is 10.3 Å². The number of nitrogens with two attached hydrogens (primary N) is 2. The third kappa shape index (κ3) is 3.65. The largest absolute Gasteiger partial charge is 0.396 e. The number of nitrogen functional groups attached to an aromatic ring is 1. The fraction of sp³-hybridized carbons (Fsp3) is 0.200. The number of aromatic nitrogens is 1. The van der Waals surface area contributed by atoms with Crippen LogP contribution in [0.1, 0.15) is 29.8 Å². The van der Waals surface area contributed by atoms with E-state index in [9.17, 15) is 9.18 Å². The van der Waals surface area contributed by atoms with E-state index >= 15 is 0 Å². The second-order valence-corrected chi connectivity index (χ2v) is 7.02. The number of carbonyl (C=O) groups excluding carboxylic acids is 1. The monoisotopic (exact) mass is 352 g/mol. The molecule has 0 atom stereocenters. The molecule has 1 heterocycles. The van der Waals surface area contributed by atoms with Crippen molar-refractivity contribution in [3.8, 4) is 0 Å². The van der Waals surface area contributed by atoms with Crippen LogP contribution in [-0.4, -0.2) is 16.4 Å². The maximum Gasteiger partial charge on any atom is 0.257 e. The van der Waals surface area contributed by atoms with Crippen molar-refractivity contribution < 1.29 is 9.18 Å². The van der Waals surface area contributed by atoms with Crippen LogP contribution in [0.25, 0.3) is 10.8 Å². The quantitative estimate of drug-likeness (QED) is 0.627. The molecule has 0 saturated carbocycles. The first-order valence-corrected chi connectivity index (χ1v) is 8.26. The van der Waals surface area contributed by atoms with Gasteiger partial charge in [0.1, 0.15) is 0 Å². The number of nitrogens with zero attached hydrogens (tertiary/aromatic N) is 1. The van der Waals surface area contributed by atoms with E-state index in [1.165, 1.54) is 12.3 Å². The van der Waals surface area contributed by atoms with Crippen LogP contribution in [0.3, 0.4) is 0 Å². The summed E-state index contributed by atoms with van der Waals surface area (Å²) in [7, 11) is 0. The molecule has 0 aliphatic carbocycles. The molecule has 1 amide bonds. The lowest BCUT2D eigenvalue weighted by Gasteiger charge is -2.22. The van der Waals surface area contributed by atoms with Gasteiger partial charge in [0, 0.05) is 34.6 Å². The van der Waals surface area contributed by atoms with Gasteiger partial charge in [-0.05, 0) is 37.8 Å². The molecule has 0 spiro atoms. The standard InChI is InChI=1S/C20H21FN4O/c1-20(2,23)9-14-17(8-7-16(22)18(14)21)25-19(26)15-11-24-10-12-5-3-4-6-13(12)15/h3-8,10-11H,9,22-23H2,1-2H3,(H,25,26). The zero-order chi connectivity index (χ0) is 18.9. The number of fused-ring (bicyclic) bond motifs is 1. The Morgan fingerprint density at radius 2 is 1.92 bits per heavy atom. The number of hydrogen-bond acceptors (Lipinski definition) is 4. The van der Waals surface area contributed by atoms with Crippen molar-refractivity contribution in [3.63, 3.8) is 0 Å². The lowest BCUT2D eigenvalue weighted by atomic mass is 9.94. The van der Waals surface area contributed by atoms with Gasteiger partial charge < -0.3 is 16.8 Å². The van der Waals surface area contributed by atoms with Gasteiger partial charge in [-0.15, -0.1) is 0 Å². The van der Waals surface area contributed by atoms with Crippen molar-refractivity contribution in [2.75, 3.05) is 11.1 Å². The number of anilines is 2. The summed E-state index contributed by atoms with van der Waals surface area (Å²) in [5, 5.41) is 4.41. The normalized spacial score (nSPS) is 11.5. The van der Waals surface area contributed by atoms with Crippen LogP contribution in [-0.2, 0) is 6.42 Å². The van der Waals surface area contributed by atoms with Crippen molar-refractivity contribution in [1.82, 2.24) is 4.98 Å². The van der Waals surface area contributed by atoms with Gasteiger partial charge in [-0.3, -0.25) is 9.78 Å². The van der Waals surface area contributed by atoms with Crippen molar-refractivity contribution in [1.29, 1.82) is 0 Å². The molecule has 0 aliphatic rings. The number of benzene rings is 2. The topological polar surface area (TPSA) is 94.0 Å². The van der Waals surface area contributed by atoms with Gasteiger partial charge in [0.05, 0.1) is 11.3 Å². The molecule has 0 unspecified atom stereocenters. The smallest absolute Gasteiger partial charge is 0.257 e. The molecule has 0 bridgehead atoms. The van der Waals surface area contributed by atoms with E-state index in [1.807, 2.05) is 24.3 Å². The minimum atomic E-state index is -0.658. The number of halogens is 1. The lowest BCUT2D eigenvalue weighted by Crippen LogP contribution is -2.35. The lowest BCUT2D eigenvalue weighted by molar-refractivity contribution is 0.102. The zero-order valence-electron chi connectivity index (χ0n) is 14.7. The van der Waals surface area contributed by atoms with Crippen LogP contribution < -0.4 is 16.8 Å². The van der Waals surface area contributed by atoms with Crippen LogP contribution >= 0.6 is 0 Å². The number of hydrogen-bond donors (Lipinski definition) is 3. The SMILES string of the molecule is CC(C)(N)Cc1c(NC(=O)c2cncc3ccccc23)ccc(N)c1F. The minimum absolute atomic E-state index is 0.0223. The van der Waals surface area contributed by atoms with E-state index in [-0.39, 0.29) is 18.0 Å². The van der Waals surface area contributed by atoms with E-state index in [4.69, 9.17) is 11.5 Å². The average molecular weight is 352 g/mol. The van der Waals surface area contributed by atoms with E-state index in [0.717, 1.165) is 10.8 Å². The molecule has 2 aromatic carbocycles. The molecule has 0 radical (unpaired) electrons. The van der Waals surface area contributed by atoms with Crippen molar-refractivity contribution in [2.45, 2.75) is 25.8 Å². The molecular weight excluding hydrogens is 331 g/mol. The Kier molecular flexibility index (Phi) is 4.61. The van der Waals surface area contributed by atoms with Crippen LogP contribution in [0.2, 0.25) is 0 Å². The number of carbonyl (C=O) groups is 1. The summed E-state index contributed by atoms with van der Waals surface area (Å²) in [5.41, 5.74) is 12.2. The number of rotatable bonds is 4. The number of nitrogens with one attached hydrogen (secondary N) is 1. The first kappa shape index (κ1) is 17.8. The summed E-state index contributed by atoms with van der Waals surface area (Å²) < 4.78 is 14.6. The second-order valence-electron chi connectivity index (χ2n) is 7.02. The van der Waals surface area contributed by atoms with Gasteiger partial charge in [-0.2, -0.15) is 0 Å². The predicted molar refractivity (Wildman–Crippen MR) is 102 cm³/mol. The predicted octanol–water partition coefficient (Wildman–Crippen LogP) is 3.49. The van der Waals surface area contributed by atoms with Gasteiger partial charge in [0.25, 0.3) is 5.91 Å². The van der Waals surface area contributed by atoms with Crippen LogP contribution in [0.5, 0.6) is 0 Å². The van der Waals surface area contributed by atoms with Crippen molar-refractivity contribution in [3.05, 3.63) is 65.7 Å². The molecule has 6 heteroatoms. The van der Waals surface area contributed by atoms with Crippen LogP contribution in [0, 0.1) is 5.82 Å². The molecule has 1 aromatic heterocycles. The van der Waals surface area contributed by atoms with Crippen LogP contribution in [0.15, 0.2) is 48.8 Å². The van der Waals surface area contributed by atoms with Crippen molar-refractivity contribution >= 4 is 28.1 Å². The van der Waals surface area contributed by atoms with Gasteiger partial charge >= 0.3 is 0 Å². The van der Waals surface area contributed by atoms with Gasteiger partial charge in [-0.1, -0.05) is 24.3 Å². The van der Waals surface area contributed by atoms with E-state index in [0.29, 0.717) is 16.8 Å². The number of pyridine rings is 1. The molecule has 0 fully saturated rings. The Balaban J connectivity index is 2.00. The highest BCUT2D eigenvalue weighted by Gasteiger charge is 2.21. The van der Waals surface area contributed by atoms with E-state index in [1.54, 1.807) is 26.1 Å². The van der Waals surface area contributed by atoms with Gasteiger partial charge in [0.15, 0.2) is 5.82 Å². The highest BCUT2D eigenvalue weighted by molar-refractivity contribution is 6.12. The highest BCUT2D eigenvalue weighted by Crippen LogP contribution is 2.28. The molecule has 0 aliphatic heterocycles. The summed E-state index contributed by atoms with van der Waals surface area (Å²) >= 11 is 0. The third-order valence-corrected chi connectivity index (χ3v) is 4.07. The fourth-order valence-corrected chi connectivity index (χ4v) is 2.87. The average Bonchev–Trinajstić information content (AvgIpc) is 2.60. The molecule has 3 rings (SSSR count). The first-order valence-electron chi connectivity index (χ1n) is 8.26. The maximum atomic E-state index is 14.6. The Morgan fingerprint density at radius 3 is 2.65 bits per heavy atom. The minimum Gasteiger partial charge on any atom is -0.396 e. The fourth-order valence-electron chi connectivity index (χ4n) is 2.87. The molecular formula is C20H21FN4O. The van der Waals surface area contributed by atoms with Gasteiger partial charge in [0.2, 0.25) is 0 Å². The summed E-state index contributed by atoms with van der Waals surface area (Å²) in [6.07, 6.45) is 3.42. The zero-order valence-corrected chi connectivity index (χ0v) is 14.7. The Hall–Kier alpha value is -2.99. The molecule has 3 aromatic rings. The summed E-state index contributed by atoms with van der Waals surface area (Å²) in [5.74, 6) is -0.924. The van der Waals surface area contributed by atoms with Crippen molar-refractivity contribution in [2.24, 2.45) is 5.73 Å². The first-order chi connectivity index (χ1) is 12.3. The summed E-state index contributed by atoms with van der Waals surface area (Å²) in [6, 6.07) is 10.5. The Labute approximate surface area is 151 Å². The van der Waals surface area contributed by atoms with Crippen LogP contribution in [0.4, 0.5) is 15.8 Å². The maximum absolute atomic E-state index is 14.6. The second kappa shape index (κ2) is 6.72. The van der Waals surface area contributed by atoms with E-state index < -0.39 is 11.4 Å². The molecule has 5 N–H and O–H groups in total. The molecule has 0 saturated heterocycles. The number of amides is 1. The highest BCUT2D eigenvalue weighted by atomic mass is 19.1. The Morgan fingerprint density at radius 1 is 1.19 bits per heavy atom.